The van der Waals surface area contributed by atoms with Crippen molar-refractivity contribution >= 4 is 5.91 Å². The zero-order valence-electron chi connectivity index (χ0n) is 13.9. The molecule has 3 rings (SSSR count). The molecule has 2 saturated carbocycles. The highest BCUT2D eigenvalue weighted by Gasteiger charge is 2.49. The van der Waals surface area contributed by atoms with Crippen molar-refractivity contribution in [3.05, 3.63) is 0 Å². The molecule has 0 spiro atoms. The molecule has 1 atom stereocenters. The van der Waals surface area contributed by atoms with E-state index in [0.717, 1.165) is 18.3 Å². The van der Waals surface area contributed by atoms with Crippen LogP contribution in [0.1, 0.15) is 84.0 Å². The second kappa shape index (κ2) is 7.31. The summed E-state index contributed by atoms with van der Waals surface area (Å²) in [6, 6.07) is 0. The third-order valence-corrected chi connectivity index (χ3v) is 6.40. The number of nitrogens with one attached hydrogen (secondary N) is 1. The number of hydrogen-bond acceptors (Lipinski definition) is 3. The van der Waals surface area contributed by atoms with Crippen molar-refractivity contribution in [3.8, 4) is 0 Å². The van der Waals surface area contributed by atoms with Crippen molar-refractivity contribution in [2.75, 3.05) is 0 Å². The minimum atomic E-state index is -0.750. The first-order chi connectivity index (χ1) is 10.7. The van der Waals surface area contributed by atoms with Crippen molar-refractivity contribution in [2.45, 2.75) is 89.6 Å². The molecule has 1 heterocycles. The lowest BCUT2D eigenvalue weighted by atomic mass is 9.66. The molecule has 4 heteroatoms. The van der Waals surface area contributed by atoms with E-state index in [9.17, 15) is 4.79 Å². The monoisotopic (exact) mass is 309 g/mol. The van der Waals surface area contributed by atoms with Gasteiger partial charge in [-0.25, -0.2) is 0 Å². The molecule has 126 valence electrons. The first-order valence-corrected chi connectivity index (χ1v) is 9.40. The van der Waals surface area contributed by atoms with Gasteiger partial charge in [-0.05, 0) is 30.6 Å². The highest BCUT2D eigenvalue weighted by Crippen LogP contribution is 2.45. The Hall–Kier alpha value is -0.610. The quantitative estimate of drug-likeness (QED) is 0.770. The Morgan fingerprint density at radius 1 is 1.05 bits per heavy atom. The Morgan fingerprint density at radius 2 is 1.59 bits per heavy atom. The van der Waals surface area contributed by atoms with Gasteiger partial charge < -0.3 is 0 Å². The Bertz CT molecular complexity index is 357. The van der Waals surface area contributed by atoms with Crippen LogP contribution in [-0.4, -0.2) is 11.5 Å². The van der Waals surface area contributed by atoms with Crippen LogP contribution >= 0.6 is 0 Å². The van der Waals surface area contributed by atoms with Gasteiger partial charge >= 0.3 is 0 Å². The Balaban J connectivity index is 1.76. The summed E-state index contributed by atoms with van der Waals surface area (Å²) in [4.78, 5) is 22.6. The van der Waals surface area contributed by atoms with E-state index in [-0.39, 0.29) is 5.91 Å². The minimum absolute atomic E-state index is 0.0772. The first kappa shape index (κ1) is 16.3. The zero-order chi connectivity index (χ0) is 15.4. The van der Waals surface area contributed by atoms with Crippen LogP contribution in [0.25, 0.3) is 0 Å². The second-order valence-electron chi connectivity index (χ2n) is 7.61. The molecule has 1 amide bonds. The van der Waals surface area contributed by atoms with E-state index in [0.29, 0.717) is 12.3 Å². The number of carbonyl (C=O) groups is 1. The Kier molecular flexibility index (Phi) is 5.40. The van der Waals surface area contributed by atoms with E-state index < -0.39 is 5.60 Å². The molecular weight excluding hydrogens is 278 g/mol. The van der Waals surface area contributed by atoms with Crippen LogP contribution in [-0.2, 0) is 14.7 Å². The van der Waals surface area contributed by atoms with Gasteiger partial charge in [-0.1, -0.05) is 71.1 Å². The van der Waals surface area contributed by atoms with E-state index in [1.165, 1.54) is 64.2 Å². The smallest absolute Gasteiger partial charge is 0.269 e. The van der Waals surface area contributed by atoms with Gasteiger partial charge in [0.15, 0.2) is 5.60 Å². The van der Waals surface area contributed by atoms with Gasteiger partial charge in [-0.2, -0.15) is 10.4 Å². The average Bonchev–Trinajstić information content (AvgIpc) is 2.95. The SMILES string of the molecule is CCC1(CC(C2CCCCC2)C2CCCCC2)OONC1=O. The molecule has 0 aromatic rings. The van der Waals surface area contributed by atoms with E-state index >= 15 is 0 Å². The van der Waals surface area contributed by atoms with Crippen molar-refractivity contribution < 1.29 is 14.7 Å². The maximum atomic E-state index is 12.3. The molecule has 1 N–H and O–H groups in total. The normalized spacial score (nSPS) is 31.6. The first-order valence-electron chi connectivity index (χ1n) is 9.40. The summed E-state index contributed by atoms with van der Waals surface area (Å²) in [6.45, 7) is 2.03. The van der Waals surface area contributed by atoms with E-state index in [2.05, 4.69) is 5.48 Å². The van der Waals surface area contributed by atoms with E-state index in [1.54, 1.807) is 0 Å². The summed E-state index contributed by atoms with van der Waals surface area (Å²) >= 11 is 0. The molecule has 0 aromatic carbocycles. The molecule has 1 aliphatic heterocycles. The number of amides is 1. The van der Waals surface area contributed by atoms with Gasteiger partial charge in [0.25, 0.3) is 5.91 Å². The van der Waals surface area contributed by atoms with Gasteiger partial charge in [0, 0.05) is 0 Å². The van der Waals surface area contributed by atoms with Gasteiger partial charge in [0.1, 0.15) is 0 Å². The molecule has 4 nitrogen and oxygen atoms in total. The number of hydrogen-bond donors (Lipinski definition) is 1. The van der Waals surface area contributed by atoms with E-state index in [1.807, 2.05) is 6.92 Å². The highest BCUT2D eigenvalue weighted by atomic mass is 17.3. The number of carbonyl (C=O) groups excluding carboxylic acids is 1. The fourth-order valence-electron chi connectivity index (χ4n) is 4.98. The molecule has 2 aliphatic carbocycles. The van der Waals surface area contributed by atoms with Crippen LogP contribution in [0.15, 0.2) is 0 Å². The fourth-order valence-corrected chi connectivity index (χ4v) is 4.98. The van der Waals surface area contributed by atoms with Crippen LogP contribution in [0.4, 0.5) is 0 Å². The van der Waals surface area contributed by atoms with Crippen LogP contribution in [0.2, 0.25) is 0 Å². The molecule has 3 fully saturated rings. The number of hydroxylamine groups is 1. The maximum absolute atomic E-state index is 12.3. The molecule has 0 bridgehead atoms. The Labute approximate surface area is 134 Å². The standard InChI is InChI=1S/C18H31NO3/c1-2-18(17(20)19-22-21-18)13-16(14-9-5-3-6-10-14)15-11-7-4-8-12-15/h14-16H,2-13H2,1H3,(H,19,20). The topological polar surface area (TPSA) is 47.6 Å². The summed E-state index contributed by atoms with van der Waals surface area (Å²) in [5.41, 5.74) is 1.66. The predicted octanol–water partition coefficient (Wildman–Crippen LogP) is 4.30. The fraction of sp³-hybridized carbons (Fsp3) is 0.944. The third kappa shape index (κ3) is 3.33. The molecule has 22 heavy (non-hydrogen) atoms. The lowest BCUT2D eigenvalue weighted by Crippen LogP contribution is -2.43. The molecule has 1 unspecified atom stereocenters. The van der Waals surface area contributed by atoms with Crippen LogP contribution in [0, 0.1) is 17.8 Å². The average molecular weight is 309 g/mol. The second-order valence-corrected chi connectivity index (χ2v) is 7.61. The highest BCUT2D eigenvalue weighted by molar-refractivity contribution is 5.85. The van der Waals surface area contributed by atoms with Gasteiger partial charge in [-0.3, -0.25) is 4.79 Å². The summed E-state index contributed by atoms with van der Waals surface area (Å²) in [5.74, 6) is 2.09. The summed E-state index contributed by atoms with van der Waals surface area (Å²) in [5, 5.41) is 0. The minimum Gasteiger partial charge on any atom is -0.269 e. The predicted molar refractivity (Wildman–Crippen MR) is 84.6 cm³/mol. The molecule has 0 aromatic heterocycles. The van der Waals surface area contributed by atoms with Gasteiger partial charge in [0.05, 0.1) is 0 Å². The Morgan fingerprint density at radius 3 is 2.00 bits per heavy atom. The molecule has 3 aliphatic rings. The molecular formula is C18H31NO3. The van der Waals surface area contributed by atoms with Crippen molar-refractivity contribution in [2.24, 2.45) is 17.8 Å². The third-order valence-electron chi connectivity index (χ3n) is 6.40. The zero-order valence-corrected chi connectivity index (χ0v) is 13.9. The molecule has 0 radical (unpaired) electrons. The van der Waals surface area contributed by atoms with Crippen LogP contribution in [0.3, 0.4) is 0 Å². The summed E-state index contributed by atoms with van der Waals surface area (Å²) in [6.07, 6.45) is 15.1. The van der Waals surface area contributed by atoms with E-state index in [4.69, 9.17) is 9.88 Å². The lowest BCUT2D eigenvalue weighted by Gasteiger charge is -2.40. The maximum Gasteiger partial charge on any atom is 0.281 e. The van der Waals surface area contributed by atoms with Crippen molar-refractivity contribution in [3.63, 3.8) is 0 Å². The van der Waals surface area contributed by atoms with Gasteiger partial charge in [-0.15, -0.1) is 4.99 Å². The van der Waals surface area contributed by atoms with Crippen molar-refractivity contribution in [1.82, 2.24) is 5.48 Å². The van der Waals surface area contributed by atoms with Crippen molar-refractivity contribution in [1.29, 1.82) is 0 Å². The molecule has 1 saturated heterocycles. The lowest BCUT2D eigenvalue weighted by molar-refractivity contribution is -0.339. The van der Waals surface area contributed by atoms with Crippen LogP contribution < -0.4 is 5.48 Å². The van der Waals surface area contributed by atoms with Crippen LogP contribution in [0.5, 0.6) is 0 Å². The summed E-state index contributed by atoms with van der Waals surface area (Å²) in [7, 11) is 0. The van der Waals surface area contributed by atoms with Gasteiger partial charge in [0.2, 0.25) is 0 Å². The largest absolute Gasteiger partial charge is 0.281 e. The summed E-state index contributed by atoms with van der Waals surface area (Å²) < 4.78 is 0. The number of rotatable bonds is 5.